The number of nitrogens with one attached hydrogen (secondary N) is 1. The van der Waals surface area contributed by atoms with Gasteiger partial charge in [0.1, 0.15) is 17.6 Å². The standard InChI is InChI=1S/C24H22N4O2/c1-14-8-9-17-11-15(2)19-21(18(17)10-14)28(12-16-6-4-3-5-7-16)24(30)20(22(19)29)23-25-13-26-27-23/h3-10,13,15,29H,11-12H2,1-2H3,(H,25,26,27). The third-order valence-corrected chi connectivity index (χ3v) is 5.85. The molecule has 2 aromatic heterocycles. The summed E-state index contributed by atoms with van der Waals surface area (Å²) in [5.74, 6) is 0.333. The Balaban J connectivity index is 1.87. The third kappa shape index (κ3) is 2.84. The molecule has 150 valence electrons. The second kappa shape index (κ2) is 6.99. The lowest BCUT2D eigenvalue weighted by Crippen LogP contribution is -2.28. The summed E-state index contributed by atoms with van der Waals surface area (Å²) >= 11 is 0. The number of H-pyrrole nitrogens is 1. The van der Waals surface area contributed by atoms with Crippen LogP contribution < -0.4 is 5.56 Å². The zero-order valence-corrected chi connectivity index (χ0v) is 16.9. The molecule has 1 unspecified atom stereocenters. The molecule has 2 heterocycles. The Hall–Kier alpha value is -3.67. The van der Waals surface area contributed by atoms with Crippen LogP contribution in [0.25, 0.3) is 22.6 Å². The molecule has 0 spiro atoms. The van der Waals surface area contributed by atoms with Crippen molar-refractivity contribution in [2.75, 3.05) is 0 Å². The Labute approximate surface area is 173 Å². The quantitative estimate of drug-likeness (QED) is 0.546. The van der Waals surface area contributed by atoms with E-state index in [9.17, 15) is 9.90 Å². The molecule has 30 heavy (non-hydrogen) atoms. The number of rotatable bonds is 3. The molecule has 4 aromatic rings. The average Bonchev–Trinajstić information content (AvgIpc) is 3.26. The second-order valence-electron chi connectivity index (χ2n) is 7.96. The van der Waals surface area contributed by atoms with Crippen LogP contribution in [0.5, 0.6) is 5.75 Å². The number of aromatic hydroxyl groups is 1. The van der Waals surface area contributed by atoms with Crippen molar-refractivity contribution in [1.82, 2.24) is 19.7 Å². The highest BCUT2D eigenvalue weighted by atomic mass is 16.3. The number of aromatic amines is 1. The lowest BCUT2D eigenvalue weighted by Gasteiger charge is -2.30. The molecule has 6 nitrogen and oxygen atoms in total. The van der Waals surface area contributed by atoms with Crippen LogP contribution in [0.4, 0.5) is 0 Å². The van der Waals surface area contributed by atoms with Gasteiger partial charge in [-0.3, -0.25) is 9.89 Å². The van der Waals surface area contributed by atoms with Crippen LogP contribution in [0.1, 0.15) is 35.1 Å². The average molecular weight is 398 g/mol. The third-order valence-electron chi connectivity index (χ3n) is 5.85. The minimum absolute atomic E-state index is 0.00396. The summed E-state index contributed by atoms with van der Waals surface area (Å²) < 4.78 is 1.77. The first kappa shape index (κ1) is 18.4. The van der Waals surface area contributed by atoms with Gasteiger partial charge in [0.15, 0.2) is 5.82 Å². The molecule has 2 N–H and O–H groups in total. The first-order valence-corrected chi connectivity index (χ1v) is 10.0. The molecule has 1 atom stereocenters. The van der Waals surface area contributed by atoms with Crippen LogP contribution in [0.3, 0.4) is 0 Å². The molecule has 0 aliphatic heterocycles. The number of pyridine rings is 1. The Morgan fingerprint density at radius 2 is 2.00 bits per heavy atom. The maximum atomic E-state index is 13.7. The van der Waals surface area contributed by atoms with Crippen LogP contribution in [0.2, 0.25) is 0 Å². The summed E-state index contributed by atoms with van der Waals surface area (Å²) in [5.41, 5.74) is 5.80. The van der Waals surface area contributed by atoms with Gasteiger partial charge in [0.2, 0.25) is 0 Å². The van der Waals surface area contributed by atoms with Gasteiger partial charge in [-0.05, 0) is 36.5 Å². The summed E-state index contributed by atoms with van der Waals surface area (Å²) in [4.78, 5) is 17.8. The van der Waals surface area contributed by atoms with Crippen molar-refractivity contribution in [3.63, 3.8) is 0 Å². The highest BCUT2D eigenvalue weighted by Crippen LogP contribution is 2.45. The summed E-state index contributed by atoms with van der Waals surface area (Å²) in [6.45, 7) is 4.53. The molecule has 1 aliphatic rings. The maximum absolute atomic E-state index is 13.7. The molecule has 0 fully saturated rings. The van der Waals surface area contributed by atoms with E-state index in [0.717, 1.165) is 34.4 Å². The van der Waals surface area contributed by atoms with Gasteiger partial charge in [-0.25, -0.2) is 4.98 Å². The molecular weight excluding hydrogens is 376 g/mol. The zero-order chi connectivity index (χ0) is 20.8. The number of fused-ring (bicyclic) bond motifs is 3. The van der Waals surface area contributed by atoms with Crippen molar-refractivity contribution >= 4 is 0 Å². The van der Waals surface area contributed by atoms with E-state index in [4.69, 9.17) is 0 Å². The van der Waals surface area contributed by atoms with E-state index in [1.165, 1.54) is 11.9 Å². The fraction of sp³-hybridized carbons (Fsp3) is 0.208. The lowest BCUT2D eigenvalue weighted by molar-refractivity contribution is 0.459. The molecular formula is C24H22N4O2. The van der Waals surface area contributed by atoms with E-state index in [0.29, 0.717) is 6.54 Å². The molecule has 0 radical (unpaired) electrons. The van der Waals surface area contributed by atoms with Gasteiger partial charge in [-0.2, -0.15) is 5.10 Å². The number of nitrogens with zero attached hydrogens (tertiary/aromatic N) is 3. The van der Waals surface area contributed by atoms with Gasteiger partial charge in [-0.15, -0.1) is 0 Å². The number of aryl methyl sites for hydroxylation is 1. The van der Waals surface area contributed by atoms with E-state index < -0.39 is 0 Å². The topological polar surface area (TPSA) is 83.8 Å². The first-order chi connectivity index (χ1) is 14.5. The number of hydrogen-bond donors (Lipinski definition) is 2. The predicted molar refractivity (Wildman–Crippen MR) is 116 cm³/mol. The second-order valence-corrected chi connectivity index (χ2v) is 7.96. The van der Waals surface area contributed by atoms with Crippen molar-refractivity contribution in [2.45, 2.75) is 32.7 Å². The molecule has 0 saturated heterocycles. The Morgan fingerprint density at radius 3 is 2.73 bits per heavy atom. The first-order valence-electron chi connectivity index (χ1n) is 10.0. The van der Waals surface area contributed by atoms with Crippen LogP contribution in [-0.2, 0) is 13.0 Å². The molecule has 2 aromatic carbocycles. The number of hydrogen-bond acceptors (Lipinski definition) is 4. The SMILES string of the molecule is Cc1ccc2c(c1)-c1c(c(O)c(-c3ncn[nH]3)c(=O)n1Cc1ccccc1)C(C)C2. The van der Waals surface area contributed by atoms with Crippen LogP contribution >= 0.6 is 0 Å². The summed E-state index contributed by atoms with van der Waals surface area (Å²) in [7, 11) is 0. The molecule has 1 aliphatic carbocycles. The van der Waals surface area contributed by atoms with Gasteiger partial charge in [-0.1, -0.05) is 55.0 Å². The van der Waals surface area contributed by atoms with E-state index in [2.05, 4.69) is 40.3 Å². The molecule has 0 saturated carbocycles. The lowest BCUT2D eigenvalue weighted by atomic mass is 9.80. The van der Waals surface area contributed by atoms with Crippen molar-refractivity contribution in [1.29, 1.82) is 0 Å². The van der Waals surface area contributed by atoms with Crippen molar-refractivity contribution in [3.8, 4) is 28.4 Å². The normalized spacial score (nSPS) is 14.9. The zero-order valence-electron chi connectivity index (χ0n) is 16.9. The van der Waals surface area contributed by atoms with Gasteiger partial charge >= 0.3 is 0 Å². The molecule has 5 rings (SSSR count). The largest absolute Gasteiger partial charge is 0.507 e. The fourth-order valence-corrected chi connectivity index (χ4v) is 4.46. The minimum Gasteiger partial charge on any atom is -0.507 e. The van der Waals surface area contributed by atoms with Crippen molar-refractivity contribution < 1.29 is 5.11 Å². The summed E-state index contributed by atoms with van der Waals surface area (Å²) in [6, 6.07) is 16.2. The van der Waals surface area contributed by atoms with Gasteiger partial charge in [0.25, 0.3) is 5.56 Å². The monoisotopic (exact) mass is 398 g/mol. The van der Waals surface area contributed by atoms with Gasteiger partial charge in [0, 0.05) is 11.1 Å². The van der Waals surface area contributed by atoms with Crippen LogP contribution in [-0.4, -0.2) is 24.9 Å². The minimum atomic E-state index is -0.284. The highest BCUT2D eigenvalue weighted by Gasteiger charge is 2.32. The number of aromatic nitrogens is 4. The van der Waals surface area contributed by atoms with E-state index in [-0.39, 0.29) is 28.6 Å². The smallest absolute Gasteiger partial charge is 0.266 e. The van der Waals surface area contributed by atoms with Crippen LogP contribution in [0, 0.1) is 6.92 Å². The Morgan fingerprint density at radius 1 is 1.20 bits per heavy atom. The van der Waals surface area contributed by atoms with Crippen LogP contribution in [0.15, 0.2) is 59.7 Å². The fourth-order valence-electron chi connectivity index (χ4n) is 4.46. The van der Waals surface area contributed by atoms with E-state index in [1.54, 1.807) is 4.57 Å². The van der Waals surface area contributed by atoms with Crippen molar-refractivity contribution in [2.24, 2.45) is 0 Å². The predicted octanol–water partition coefficient (Wildman–Crippen LogP) is 4.02. The van der Waals surface area contributed by atoms with Gasteiger partial charge in [0.05, 0.1) is 12.2 Å². The number of benzene rings is 2. The Bertz CT molecular complexity index is 1290. The highest BCUT2D eigenvalue weighted by molar-refractivity contribution is 5.79. The molecule has 0 bridgehead atoms. The van der Waals surface area contributed by atoms with Gasteiger partial charge < -0.3 is 9.67 Å². The maximum Gasteiger partial charge on any atom is 0.266 e. The van der Waals surface area contributed by atoms with Crippen molar-refractivity contribution in [3.05, 3.63) is 87.5 Å². The molecule has 0 amide bonds. The van der Waals surface area contributed by atoms with E-state index in [1.807, 2.05) is 37.3 Å². The van der Waals surface area contributed by atoms with E-state index >= 15 is 0 Å². The molecule has 6 heteroatoms. The summed E-state index contributed by atoms with van der Waals surface area (Å²) in [5, 5.41) is 17.9. The summed E-state index contributed by atoms with van der Waals surface area (Å²) in [6.07, 6.45) is 2.15. The Kier molecular flexibility index (Phi) is 4.28.